The lowest BCUT2D eigenvalue weighted by atomic mass is 10.00. The number of carbonyl (C=O) groups excluding carboxylic acids is 2. The first-order chi connectivity index (χ1) is 15.5. The van der Waals surface area contributed by atoms with Crippen molar-refractivity contribution in [3.8, 4) is 5.75 Å². The number of nitrogens with zero attached hydrogens (tertiary/aromatic N) is 2. The number of likely N-dealkylation sites (tertiary alicyclic amines) is 1. The van der Waals surface area contributed by atoms with Crippen molar-refractivity contribution >= 4 is 28.8 Å². The van der Waals surface area contributed by atoms with Crippen LogP contribution < -0.4 is 4.74 Å². The quantitative estimate of drug-likeness (QED) is 0.230. The lowest BCUT2D eigenvalue weighted by molar-refractivity contribution is -0.140. The minimum absolute atomic E-state index is 0.146. The Bertz CT molecular complexity index is 933. The number of likely N-dealkylation sites (N-methyl/N-ethyl adjacent to an activating group) is 1. The number of amides is 1. The van der Waals surface area contributed by atoms with Crippen LogP contribution in [0.4, 0.5) is 0 Å². The molecule has 1 unspecified atom stereocenters. The molecular formula is C25H32N2O4S. The predicted molar refractivity (Wildman–Crippen MR) is 128 cm³/mol. The first kappa shape index (κ1) is 24.0. The molecule has 0 radical (unpaired) electrons. The Labute approximate surface area is 194 Å². The zero-order valence-corrected chi connectivity index (χ0v) is 19.9. The van der Waals surface area contributed by atoms with Crippen LogP contribution in [0.15, 0.2) is 47.4 Å². The molecule has 1 fully saturated rings. The molecular weight excluding hydrogens is 424 g/mol. The van der Waals surface area contributed by atoms with Gasteiger partial charge < -0.3 is 19.6 Å². The number of aliphatic hydroxyl groups is 1. The van der Waals surface area contributed by atoms with Crippen LogP contribution in [0.5, 0.6) is 5.75 Å². The summed E-state index contributed by atoms with van der Waals surface area (Å²) in [6.45, 7) is 9.73. The highest BCUT2D eigenvalue weighted by Gasteiger charge is 2.46. The second-order valence-corrected chi connectivity index (χ2v) is 8.74. The topological polar surface area (TPSA) is 70.1 Å². The average Bonchev–Trinajstić information content (AvgIpc) is 3.42. The largest absolute Gasteiger partial charge is 0.507 e. The van der Waals surface area contributed by atoms with Gasteiger partial charge in [0, 0.05) is 23.5 Å². The van der Waals surface area contributed by atoms with Crippen molar-refractivity contribution < 1.29 is 19.4 Å². The molecule has 0 saturated carbocycles. The Morgan fingerprint density at radius 3 is 2.44 bits per heavy atom. The molecule has 0 aliphatic carbocycles. The molecule has 0 bridgehead atoms. The predicted octanol–water partition coefficient (Wildman–Crippen LogP) is 4.69. The van der Waals surface area contributed by atoms with Gasteiger partial charge in [-0.2, -0.15) is 0 Å². The summed E-state index contributed by atoms with van der Waals surface area (Å²) in [4.78, 5) is 30.6. The van der Waals surface area contributed by atoms with Crippen LogP contribution >= 0.6 is 11.3 Å². The van der Waals surface area contributed by atoms with Gasteiger partial charge in [0.15, 0.2) is 0 Å². The van der Waals surface area contributed by atoms with Crippen molar-refractivity contribution in [2.75, 3.05) is 32.8 Å². The number of aliphatic hydroxyl groups excluding tert-OH is 1. The number of Topliss-reactive ketones (excluding diaryl/α,β-unsaturated/α-hetero) is 1. The fourth-order valence-corrected chi connectivity index (χ4v) is 4.69. The van der Waals surface area contributed by atoms with Crippen molar-refractivity contribution in [1.29, 1.82) is 0 Å². The first-order valence-electron chi connectivity index (χ1n) is 11.3. The molecule has 6 nitrogen and oxygen atoms in total. The third kappa shape index (κ3) is 5.22. The zero-order chi connectivity index (χ0) is 23.1. The molecule has 1 aromatic heterocycles. The number of benzene rings is 1. The van der Waals surface area contributed by atoms with E-state index in [1.54, 1.807) is 29.2 Å². The van der Waals surface area contributed by atoms with Crippen molar-refractivity contribution in [2.45, 2.75) is 39.7 Å². The van der Waals surface area contributed by atoms with Gasteiger partial charge in [-0.25, -0.2) is 0 Å². The maximum absolute atomic E-state index is 13.0. The fourth-order valence-electron chi connectivity index (χ4n) is 3.84. The highest BCUT2D eigenvalue weighted by atomic mass is 32.1. The summed E-state index contributed by atoms with van der Waals surface area (Å²) in [5, 5.41) is 13.0. The van der Waals surface area contributed by atoms with Crippen LogP contribution in [0.1, 0.15) is 50.1 Å². The number of carbonyl (C=O) groups is 2. The molecule has 0 spiro atoms. The van der Waals surface area contributed by atoms with Crippen LogP contribution in [0.3, 0.4) is 0 Å². The lowest BCUT2D eigenvalue weighted by Crippen LogP contribution is -2.37. The van der Waals surface area contributed by atoms with Crippen molar-refractivity contribution in [1.82, 2.24) is 9.80 Å². The Kier molecular flexibility index (Phi) is 8.47. The van der Waals surface area contributed by atoms with Gasteiger partial charge >= 0.3 is 0 Å². The molecule has 1 atom stereocenters. The molecule has 2 heterocycles. The number of thiophene rings is 1. The van der Waals surface area contributed by atoms with Gasteiger partial charge in [0.25, 0.3) is 11.7 Å². The van der Waals surface area contributed by atoms with E-state index in [4.69, 9.17) is 4.74 Å². The maximum Gasteiger partial charge on any atom is 0.295 e. The van der Waals surface area contributed by atoms with E-state index in [0.717, 1.165) is 30.8 Å². The molecule has 1 aliphatic heterocycles. The van der Waals surface area contributed by atoms with E-state index >= 15 is 0 Å². The van der Waals surface area contributed by atoms with Crippen molar-refractivity contribution in [2.24, 2.45) is 0 Å². The molecule has 172 valence electrons. The Balaban J connectivity index is 1.92. The van der Waals surface area contributed by atoms with E-state index in [-0.39, 0.29) is 11.3 Å². The number of hydrogen-bond acceptors (Lipinski definition) is 6. The molecule has 1 saturated heterocycles. The normalized spacial score (nSPS) is 18.0. The zero-order valence-electron chi connectivity index (χ0n) is 19.0. The molecule has 32 heavy (non-hydrogen) atoms. The van der Waals surface area contributed by atoms with Crippen molar-refractivity contribution in [3.63, 3.8) is 0 Å². The summed E-state index contributed by atoms with van der Waals surface area (Å²) in [6.07, 6.45) is 2.02. The highest BCUT2D eigenvalue weighted by molar-refractivity contribution is 7.10. The molecule has 1 aliphatic rings. The van der Waals surface area contributed by atoms with Crippen molar-refractivity contribution in [3.05, 3.63) is 57.8 Å². The number of ketones is 1. The highest BCUT2D eigenvalue weighted by Crippen LogP contribution is 2.41. The van der Waals surface area contributed by atoms with Gasteiger partial charge in [-0.15, -0.1) is 11.3 Å². The van der Waals surface area contributed by atoms with E-state index in [9.17, 15) is 14.7 Å². The third-order valence-electron chi connectivity index (χ3n) is 5.80. The monoisotopic (exact) mass is 456 g/mol. The van der Waals surface area contributed by atoms with Crippen LogP contribution in [-0.2, 0) is 9.59 Å². The summed E-state index contributed by atoms with van der Waals surface area (Å²) in [5.74, 6) is -0.628. The maximum atomic E-state index is 13.0. The second kappa shape index (κ2) is 11.3. The lowest BCUT2D eigenvalue weighted by Gasteiger charge is -2.27. The van der Waals surface area contributed by atoms with Gasteiger partial charge in [-0.1, -0.05) is 33.3 Å². The SMILES string of the molecule is CCCCOc1ccc(/C(O)=C2\C(=O)C(=O)N(CCN(CC)CC)C2c2cccs2)cc1. The smallest absolute Gasteiger partial charge is 0.295 e. The summed E-state index contributed by atoms with van der Waals surface area (Å²) in [5.41, 5.74) is 0.646. The standard InChI is InChI=1S/C25H32N2O4S/c1-4-7-16-31-19-12-10-18(11-13-19)23(28)21-22(20-9-8-17-32-20)27(25(30)24(21)29)15-14-26(5-2)6-3/h8-13,17,22,28H,4-7,14-16H2,1-3H3/b23-21+. The number of unbranched alkanes of at least 4 members (excludes halogenated alkanes) is 1. The van der Waals surface area contributed by atoms with Gasteiger partial charge in [0.2, 0.25) is 0 Å². The van der Waals surface area contributed by atoms with E-state index in [1.807, 2.05) is 17.5 Å². The van der Waals surface area contributed by atoms with Gasteiger partial charge in [0.1, 0.15) is 11.5 Å². The van der Waals surface area contributed by atoms with E-state index in [2.05, 4.69) is 25.7 Å². The summed E-state index contributed by atoms with van der Waals surface area (Å²) < 4.78 is 5.69. The van der Waals surface area contributed by atoms with Gasteiger partial charge in [-0.05, 0) is 55.2 Å². The van der Waals surface area contributed by atoms with Gasteiger partial charge in [-0.3, -0.25) is 9.59 Å². The Morgan fingerprint density at radius 1 is 1.12 bits per heavy atom. The van der Waals surface area contributed by atoms with Crippen LogP contribution in [0, 0.1) is 0 Å². The molecule has 3 rings (SSSR count). The van der Waals surface area contributed by atoms with Gasteiger partial charge in [0.05, 0.1) is 18.2 Å². The molecule has 1 aromatic carbocycles. The van der Waals surface area contributed by atoms with Crippen LogP contribution in [-0.4, -0.2) is 59.4 Å². The molecule has 1 N–H and O–H groups in total. The van der Waals surface area contributed by atoms with E-state index in [1.165, 1.54) is 11.3 Å². The first-order valence-corrected chi connectivity index (χ1v) is 12.2. The fraction of sp³-hybridized carbons (Fsp3) is 0.440. The Morgan fingerprint density at radius 2 is 1.84 bits per heavy atom. The molecule has 1 amide bonds. The van der Waals surface area contributed by atoms with E-state index in [0.29, 0.717) is 31.0 Å². The number of rotatable bonds is 11. The van der Waals surface area contributed by atoms with Crippen LogP contribution in [0.25, 0.3) is 5.76 Å². The molecule has 7 heteroatoms. The summed E-state index contributed by atoms with van der Waals surface area (Å²) in [6, 6.07) is 10.2. The number of hydrogen-bond donors (Lipinski definition) is 1. The third-order valence-corrected chi connectivity index (χ3v) is 6.72. The average molecular weight is 457 g/mol. The summed E-state index contributed by atoms with van der Waals surface area (Å²) in [7, 11) is 0. The number of ether oxygens (including phenoxy) is 1. The van der Waals surface area contributed by atoms with Crippen LogP contribution in [0.2, 0.25) is 0 Å². The second-order valence-electron chi connectivity index (χ2n) is 7.76. The van der Waals surface area contributed by atoms with E-state index < -0.39 is 17.7 Å². The minimum atomic E-state index is -0.635. The Hall–Kier alpha value is -2.64. The summed E-state index contributed by atoms with van der Waals surface area (Å²) >= 11 is 1.48. The minimum Gasteiger partial charge on any atom is -0.507 e. The molecule has 2 aromatic rings.